The van der Waals surface area contributed by atoms with E-state index >= 15 is 0 Å². The molecular weight excluding hydrogens is 374 g/mol. The molecule has 3 heterocycles. The standard InChI is InChI=1S/C26H29NO3/c1-24(2)23-20(28)13-18-17-9-8-14-12-16-15-6-4-5-7-19(15)27-22(16)21(14)25(17,3)10-11-26(18,29-23)30-24/h4-7,13-14,17,21,23,27H,8-12H2,1-3H3/t14-,17?,21?,23-,25-,26-/m0/s1. The molecule has 30 heavy (non-hydrogen) atoms. The molecule has 2 bridgehead atoms. The molecule has 2 saturated carbocycles. The van der Waals surface area contributed by atoms with Crippen LogP contribution in [0.2, 0.25) is 0 Å². The molecule has 2 aliphatic heterocycles. The summed E-state index contributed by atoms with van der Waals surface area (Å²) in [6.45, 7) is 6.47. The largest absolute Gasteiger partial charge is 0.358 e. The van der Waals surface area contributed by atoms with Crippen molar-refractivity contribution in [2.45, 2.75) is 76.3 Å². The number of benzene rings is 1. The normalized spacial score (nSPS) is 43.0. The number of aromatic nitrogens is 1. The molecule has 3 fully saturated rings. The molecule has 2 aromatic rings. The Balaban J connectivity index is 1.36. The molecule has 5 aliphatic rings. The van der Waals surface area contributed by atoms with Crippen LogP contribution in [-0.2, 0) is 20.7 Å². The van der Waals surface area contributed by atoms with Crippen LogP contribution in [0.1, 0.15) is 63.6 Å². The average Bonchev–Trinajstić information content (AvgIpc) is 3.31. The van der Waals surface area contributed by atoms with Crippen LogP contribution in [0.5, 0.6) is 0 Å². The summed E-state index contributed by atoms with van der Waals surface area (Å²) in [6, 6.07) is 8.74. The van der Waals surface area contributed by atoms with Gasteiger partial charge in [0.2, 0.25) is 0 Å². The second kappa shape index (κ2) is 5.28. The van der Waals surface area contributed by atoms with Crippen molar-refractivity contribution in [2.24, 2.45) is 17.3 Å². The molecule has 2 unspecified atom stereocenters. The van der Waals surface area contributed by atoms with E-state index < -0.39 is 17.5 Å². The minimum atomic E-state index is -0.680. The van der Waals surface area contributed by atoms with Crippen molar-refractivity contribution in [3.8, 4) is 0 Å². The number of H-pyrrole nitrogens is 1. The van der Waals surface area contributed by atoms with Crippen LogP contribution in [0.15, 0.2) is 35.9 Å². The van der Waals surface area contributed by atoms with Crippen LogP contribution in [-0.4, -0.2) is 28.3 Å². The summed E-state index contributed by atoms with van der Waals surface area (Å²) in [7, 11) is 0. The minimum Gasteiger partial charge on any atom is -0.358 e. The van der Waals surface area contributed by atoms with E-state index in [4.69, 9.17) is 9.47 Å². The molecule has 4 nitrogen and oxygen atoms in total. The Morgan fingerprint density at radius 3 is 2.80 bits per heavy atom. The molecule has 1 saturated heterocycles. The molecule has 3 aliphatic carbocycles. The van der Waals surface area contributed by atoms with E-state index in [1.54, 1.807) is 0 Å². The van der Waals surface area contributed by atoms with Crippen LogP contribution < -0.4 is 0 Å². The number of nitrogens with one attached hydrogen (secondary N) is 1. The van der Waals surface area contributed by atoms with Crippen molar-refractivity contribution in [3.05, 3.63) is 47.2 Å². The van der Waals surface area contributed by atoms with Crippen molar-refractivity contribution in [3.63, 3.8) is 0 Å². The summed E-state index contributed by atoms with van der Waals surface area (Å²) < 4.78 is 12.9. The van der Waals surface area contributed by atoms with Crippen LogP contribution in [0.3, 0.4) is 0 Å². The van der Waals surface area contributed by atoms with Crippen molar-refractivity contribution in [2.75, 3.05) is 0 Å². The zero-order chi connectivity index (χ0) is 20.5. The third-order valence-corrected chi connectivity index (χ3v) is 9.16. The number of hydrogen-bond donors (Lipinski definition) is 1. The fourth-order valence-corrected chi connectivity index (χ4v) is 7.98. The van der Waals surface area contributed by atoms with Gasteiger partial charge in [-0.05, 0) is 80.1 Å². The lowest BCUT2D eigenvalue weighted by molar-refractivity contribution is -0.199. The summed E-state index contributed by atoms with van der Waals surface area (Å²) in [4.78, 5) is 16.8. The fraction of sp³-hybridized carbons (Fsp3) is 0.577. The molecular formula is C26H29NO3. The van der Waals surface area contributed by atoms with Crippen LogP contribution in [0.25, 0.3) is 10.9 Å². The van der Waals surface area contributed by atoms with Crippen molar-refractivity contribution >= 4 is 16.7 Å². The van der Waals surface area contributed by atoms with Gasteiger partial charge in [0.1, 0.15) is 5.60 Å². The van der Waals surface area contributed by atoms with E-state index in [-0.39, 0.29) is 11.2 Å². The second-order valence-electron chi connectivity index (χ2n) is 11.1. The molecule has 0 amide bonds. The van der Waals surface area contributed by atoms with Gasteiger partial charge in [-0.25, -0.2) is 0 Å². The number of carbonyl (C=O) groups is 1. The molecule has 1 aromatic carbocycles. The van der Waals surface area contributed by atoms with Crippen molar-refractivity contribution in [1.82, 2.24) is 4.98 Å². The number of para-hydroxylation sites is 1. The predicted octanol–water partition coefficient (Wildman–Crippen LogP) is 5.03. The van der Waals surface area contributed by atoms with Crippen LogP contribution >= 0.6 is 0 Å². The lowest BCUT2D eigenvalue weighted by Crippen LogP contribution is -2.54. The van der Waals surface area contributed by atoms with Gasteiger partial charge in [-0.2, -0.15) is 0 Å². The third-order valence-electron chi connectivity index (χ3n) is 9.16. The smallest absolute Gasteiger partial charge is 0.193 e. The lowest BCUT2D eigenvalue weighted by atomic mass is 9.50. The highest BCUT2D eigenvalue weighted by atomic mass is 16.8. The first-order chi connectivity index (χ1) is 14.3. The van der Waals surface area contributed by atoms with Gasteiger partial charge in [-0.15, -0.1) is 0 Å². The summed E-state index contributed by atoms with van der Waals surface area (Å²) in [5.41, 5.74) is 4.95. The number of ketones is 1. The average molecular weight is 404 g/mol. The highest BCUT2D eigenvalue weighted by Crippen LogP contribution is 2.68. The Bertz CT molecular complexity index is 1140. The SMILES string of the molecule is CC1(C)O[C@@]23CC[C@@]4(C)C(CC[C@H]5Cc6c([nH]c7ccccc67)C54)C2=CC(=O)[C@@H]1O3. The van der Waals surface area contributed by atoms with Crippen LogP contribution in [0, 0.1) is 17.3 Å². The molecule has 7 rings (SSSR count). The second-order valence-corrected chi connectivity index (χ2v) is 11.1. The van der Waals surface area contributed by atoms with Gasteiger partial charge in [-0.3, -0.25) is 4.79 Å². The summed E-state index contributed by atoms with van der Waals surface area (Å²) >= 11 is 0. The monoisotopic (exact) mass is 403 g/mol. The minimum absolute atomic E-state index is 0.0900. The van der Waals surface area contributed by atoms with E-state index in [1.165, 1.54) is 35.0 Å². The van der Waals surface area contributed by atoms with E-state index in [0.717, 1.165) is 24.8 Å². The van der Waals surface area contributed by atoms with Gasteiger partial charge in [0.05, 0.1) is 0 Å². The number of carbonyl (C=O) groups excluding carboxylic acids is 1. The van der Waals surface area contributed by atoms with Crippen molar-refractivity contribution in [1.29, 1.82) is 0 Å². The summed E-state index contributed by atoms with van der Waals surface area (Å²) in [6.07, 6.45) is 6.88. The Morgan fingerprint density at radius 1 is 1.10 bits per heavy atom. The van der Waals surface area contributed by atoms with E-state index in [1.807, 2.05) is 19.9 Å². The van der Waals surface area contributed by atoms with Crippen molar-refractivity contribution < 1.29 is 14.3 Å². The third kappa shape index (κ3) is 1.94. The highest BCUT2D eigenvalue weighted by Gasteiger charge is 2.66. The van der Waals surface area contributed by atoms with Gasteiger partial charge in [0, 0.05) is 28.9 Å². The molecule has 0 radical (unpaired) electrons. The lowest BCUT2D eigenvalue weighted by Gasteiger charge is -2.57. The van der Waals surface area contributed by atoms with Gasteiger partial charge in [-0.1, -0.05) is 25.1 Å². The van der Waals surface area contributed by atoms with Crippen LogP contribution in [0.4, 0.5) is 0 Å². The maximum absolute atomic E-state index is 13.0. The van der Waals surface area contributed by atoms with E-state index in [9.17, 15) is 4.79 Å². The maximum atomic E-state index is 13.0. The first-order valence-corrected chi connectivity index (χ1v) is 11.6. The molecule has 1 N–H and O–H groups in total. The summed E-state index contributed by atoms with van der Waals surface area (Å²) in [5.74, 6) is 0.955. The Morgan fingerprint density at radius 2 is 1.93 bits per heavy atom. The fourth-order valence-electron chi connectivity index (χ4n) is 7.98. The first kappa shape index (κ1) is 17.7. The number of rotatable bonds is 0. The molecule has 6 atom stereocenters. The number of aromatic amines is 1. The number of ether oxygens (including phenoxy) is 2. The number of fused-ring (bicyclic) bond motifs is 9. The maximum Gasteiger partial charge on any atom is 0.193 e. The molecule has 156 valence electrons. The Kier molecular flexibility index (Phi) is 3.12. The predicted molar refractivity (Wildman–Crippen MR) is 114 cm³/mol. The quantitative estimate of drug-likeness (QED) is 0.671. The Hall–Kier alpha value is -1.91. The number of hydrogen-bond acceptors (Lipinski definition) is 3. The molecule has 1 aromatic heterocycles. The summed E-state index contributed by atoms with van der Waals surface area (Å²) in [5, 5.41) is 1.40. The van der Waals surface area contributed by atoms with E-state index in [0.29, 0.717) is 17.8 Å². The van der Waals surface area contributed by atoms with Gasteiger partial charge in [0.25, 0.3) is 0 Å². The van der Waals surface area contributed by atoms with Gasteiger partial charge >= 0.3 is 0 Å². The first-order valence-electron chi connectivity index (χ1n) is 11.6. The molecule has 1 spiro atoms. The van der Waals surface area contributed by atoms with Gasteiger partial charge < -0.3 is 14.5 Å². The topological polar surface area (TPSA) is 51.3 Å². The highest BCUT2D eigenvalue weighted by molar-refractivity contribution is 5.97. The van der Waals surface area contributed by atoms with Gasteiger partial charge in [0.15, 0.2) is 17.7 Å². The zero-order valence-corrected chi connectivity index (χ0v) is 18.0. The Labute approximate surface area is 177 Å². The van der Waals surface area contributed by atoms with E-state index in [2.05, 4.69) is 36.2 Å². The zero-order valence-electron chi connectivity index (χ0n) is 18.0. The molecule has 4 heteroatoms.